The van der Waals surface area contributed by atoms with Crippen molar-refractivity contribution in [1.82, 2.24) is 0 Å². The van der Waals surface area contributed by atoms with E-state index in [0.29, 0.717) is 10.0 Å². The minimum atomic E-state index is -0.542. The lowest BCUT2D eigenvalue weighted by atomic mass is 9.76. The summed E-state index contributed by atoms with van der Waals surface area (Å²) in [5.74, 6) is 1.58. The molecule has 0 amide bonds. The lowest BCUT2D eigenvalue weighted by Crippen LogP contribution is -2.31. The van der Waals surface area contributed by atoms with E-state index in [0.717, 1.165) is 53.3 Å². The smallest absolute Gasteiger partial charge is 0.350 e. The average molecular weight is 725 g/mol. The number of hydrogen-bond acceptors (Lipinski definition) is 10. The molecule has 242 valence electrons. The fraction of sp³-hybridized carbons (Fsp3) is 0.211. The number of rotatable bonds is 4. The molecule has 50 heavy (non-hydrogen) atoms. The summed E-state index contributed by atoms with van der Waals surface area (Å²) in [7, 11) is 0. The molecule has 8 rings (SSSR count). The Hall–Kier alpha value is -5.34. The van der Waals surface area contributed by atoms with Gasteiger partial charge >= 0.3 is 11.7 Å². The van der Waals surface area contributed by atoms with Gasteiger partial charge in [-0.1, -0.05) is 58.0 Å². The van der Waals surface area contributed by atoms with E-state index in [1.807, 2.05) is 36.4 Å². The van der Waals surface area contributed by atoms with Gasteiger partial charge in [-0.25, -0.2) is 10.5 Å². The van der Waals surface area contributed by atoms with Crippen LogP contribution in [0.3, 0.4) is 0 Å². The molecule has 4 aromatic heterocycles. The van der Waals surface area contributed by atoms with E-state index >= 15 is 0 Å². The highest BCUT2D eigenvalue weighted by Crippen LogP contribution is 2.56. The van der Waals surface area contributed by atoms with Crippen LogP contribution < -0.4 is 0 Å². The number of thiophene rings is 4. The molecule has 4 aromatic rings. The van der Waals surface area contributed by atoms with E-state index in [-0.39, 0.29) is 23.5 Å². The van der Waals surface area contributed by atoms with Crippen LogP contribution in [0, 0.1) is 47.6 Å². The Bertz CT molecular complexity index is 2310. The molecule has 2 atom stereocenters. The maximum Gasteiger partial charge on any atom is 0.350 e. The molecule has 2 aliphatic heterocycles. The topological polar surface area (TPSA) is 99.5 Å². The van der Waals surface area contributed by atoms with Crippen LogP contribution >= 0.6 is 45.3 Å². The summed E-state index contributed by atoms with van der Waals surface area (Å²) in [5, 5.41) is 19.5. The molecule has 2 unspecified atom stereocenters. The molecule has 0 N–H and O–H groups in total. The Morgan fingerprint density at radius 3 is 1.46 bits per heavy atom. The van der Waals surface area contributed by atoms with E-state index < -0.39 is 11.2 Å². The summed E-state index contributed by atoms with van der Waals surface area (Å²) in [5.41, 5.74) is 3.34. The van der Waals surface area contributed by atoms with E-state index in [1.165, 1.54) is 32.4 Å². The summed E-state index contributed by atoms with van der Waals surface area (Å²) in [6.45, 7) is 22.7. The molecule has 2 aliphatic carbocycles. The molecule has 0 radical (unpaired) electrons. The maximum atomic E-state index is 9.14. The van der Waals surface area contributed by atoms with Gasteiger partial charge in [0.05, 0.1) is 0 Å². The van der Waals surface area contributed by atoms with Crippen molar-refractivity contribution in [3.63, 3.8) is 0 Å². The number of nitriles is 2. The minimum absolute atomic E-state index is 0.0858. The Balaban J connectivity index is 1.14. The van der Waals surface area contributed by atoms with Gasteiger partial charge in [0.25, 0.3) is 0 Å². The summed E-state index contributed by atoms with van der Waals surface area (Å²) in [4.78, 5) is 21.3. The van der Waals surface area contributed by atoms with E-state index in [2.05, 4.69) is 83.8 Å². The third-order valence-electron chi connectivity index (χ3n) is 8.88. The van der Waals surface area contributed by atoms with E-state index in [4.69, 9.17) is 33.1 Å². The van der Waals surface area contributed by atoms with Crippen LogP contribution in [0.5, 0.6) is 0 Å². The number of hydrogen-bond donors (Lipinski definition) is 0. The number of ether oxygens (including phenoxy) is 2. The summed E-state index contributed by atoms with van der Waals surface area (Å²) in [6, 6.07) is 15.7. The van der Waals surface area contributed by atoms with Gasteiger partial charge in [0.15, 0.2) is 0 Å². The average Bonchev–Trinajstić information content (AvgIpc) is 3.90. The van der Waals surface area contributed by atoms with Crippen molar-refractivity contribution in [2.75, 3.05) is 0 Å². The monoisotopic (exact) mass is 724 g/mol. The highest BCUT2D eigenvalue weighted by atomic mass is 32.1. The fourth-order valence-corrected chi connectivity index (χ4v) is 11.1. The maximum absolute atomic E-state index is 9.14. The summed E-state index contributed by atoms with van der Waals surface area (Å²) in [6.07, 6.45) is 9.12. The predicted molar refractivity (Wildman–Crippen MR) is 201 cm³/mol. The molecular formula is C38H24N6O2S4. The van der Waals surface area contributed by atoms with E-state index in [1.54, 1.807) is 22.7 Å². The molecule has 0 aromatic carbocycles. The first kappa shape index (κ1) is 31.9. The van der Waals surface area contributed by atoms with Gasteiger partial charge in [0, 0.05) is 63.4 Å². The van der Waals surface area contributed by atoms with Crippen LogP contribution in [0.4, 0.5) is 10.0 Å². The molecule has 0 bridgehead atoms. The van der Waals surface area contributed by atoms with Crippen LogP contribution in [0.15, 0.2) is 82.2 Å². The molecular weight excluding hydrogens is 701 g/mol. The molecule has 4 aliphatic rings. The molecule has 6 heterocycles. The second-order valence-electron chi connectivity index (χ2n) is 12.9. The van der Waals surface area contributed by atoms with Crippen LogP contribution in [-0.2, 0) is 20.7 Å². The number of aliphatic imine (C=N–C) groups is 2. The Labute approximate surface area is 304 Å². The van der Waals surface area contributed by atoms with Crippen molar-refractivity contribution in [2.24, 2.45) is 21.8 Å². The first-order valence-electron chi connectivity index (χ1n) is 15.5. The molecule has 12 heteroatoms. The zero-order chi connectivity index (χ0) is 34.9. The quantitative estimate of drug-likeness (QED) is 0.119. The third kappa shape index (κ3) is 5.26. The van der Waals surface area contributed by atoms with Crippen molar-refractivity contribution < 1.29 is 9.47 Å². The summed E-state index contributed by atoms with van der Waals surface area (Å²) >= 11 is 6.37. The van der Waals surface area contributed by atoms with Crippen molar-refractivity contribution in [3.05, 3.63) is 116 Å². The van der Waals surface area contributed by atoms with Crippen molar-refractivity contribution in [2.45, 2.75) is 38.9 Å². The van der Waals surface area contributed by atoms with Gasteiger partial charge in [-0.15, -0.1) is 22.7 Å². The van der Waals surface area contributed by atoms with Gasteiger partial charge in [-0.3, -0.25) is 0 Å². The first-order valence-corrected chi connectivity index (χ1v) is 18.7. The molecule has 0 spiro atoms. The molecule has 0 saturated heterocycles. The normalized spacial score (nSPS) is 20.9. The van der Waals surface area contributed by atoms with Crippen LogP contribution in [0.2, 0.25) is 0 Å². The predicted octanol–water partition coefficient (Wildman–Crippen LogP) is 11.2. The van der Waals surface area contributed by atoms with Gasteiger partial charge in [0.1, 0.15) is 34.9 Å². The highest BCUT2D eigenvalue weighted by molar-refractivity contribution is 7.25. The van der Waals surface area contributed by atoms with Crippen LogP contribution in [0.25, 0.3) is 40.3 Å². The van der Waals surface area contributed by atoms with Gasteiger partial charge in [-0.2, -0.15) is 0 Å². The zero-order valence-electron chi connectivity index (χ0n) is 27.1. The number of fused-ring (bicyclic) bond motifs is 7. The van der Waals surface area contributed by atoms with Gasteiger partial charge in [-0.05, 0) is 76.2 Å². The SMILES string of the molecule is [C-]#[N+]C(C#N)=Nc1ccc(-c2cc3c(s2)C2=CC4C=C5OC(C)(C)c6cc(-c7ccc(N=C(C#N)[N+]#[C-])s7)sc6C5=CC4C=C2OC3(C)C)s1. The van der Waals surface area contributed by atoms with Gasteiger partial charge < -0.3 is 19.2 Å². The molecule has 0 fully saturated rings. The highest BCUT2D eigenvalue weighted by Gasteiger charge is 2.43. The number of nitrogens with zero attached hydrogens (tertiary/aromatic N) is 6. The van der Waals surface area contributed by atoms with Gasteiger partial charge in [0.2, 0.25) is 10.0 Å². The van der Waals surface area contributed by atoms with Crippen LogP contribution in [0.1, 0.15) is 48.6 Å². The number of amidine groups is 2. The Morgan fingerprint density at radius 1 is 0.660 bits per heavy atom. The van der Waals surface area contributed by atoms with Crippen LogP contribution in [-0.4, -0.2) is 11.7 Å². The number of allylic oxidation sites excluding steroid dienone is 6. The zero-order valence-corrected chi connectivity index (χ0v) is 30.3. The largest absolute Gasteiger partial charge is 0.483 e. The lowest BCUT2D eigenvalue weighted by Gasteiger charge is -2.40. The standard InChI is InChI=1S/C38H24N6O2S4/c1-37(2)23-15-29(27-7-9-33(47-27)43-31(17-39)41-5)49-35(23)21-11-20-14-26-22(12-19(20)13-25(21)45-37)36-24(38(3,4)46-26)16-30(50-36)28-8-10-34(48-28)44-32(18-40)42-6/h7-16,19-20H,1-4H3. The third-order valence-corrected chi connectivity index (χ3v) is 13.6. The fourth-order valence-electron chi connectivity index (χ4n) is 6.55. The molecule has 8 nitrogen and oxygen atoms in total. The van der Waals surface area contributed by atoms with Crippen molar-refractivity contribution in [3.8, 4) is 31.6 Å². The molecule has 0 saturated carbocycles. The second kappa shape index (κ2) is 11.6. The van der Waals surface area contributed by atoms with Crippen molar-refractivity contribution >= 4 is 78.2 Å². The minimum Gasteiger partial charge on any atom is -0.483 e. The lowest BCUT2D eigenvalue weighted by molar-refractivity contribution is 0.0318. The first-order chi connectivity index (χ1) is 24.0. The Kier molecular flexibility index (Phi) is 7.42. The Morgan fingerprint density at radius 2 is 1.08 bits per heavy atom. The van der Waals surface area contributed by atoms with E-state index in [9.17, 15) is 0 Å². The van der Waals surface area contributed by atoms with Crippen molar-refractivity contribution in [1.29, 1.82) is 10.5 Å². The second-order valence-corrected chi connectivity index (χ2v) is 17.1. The summed E-state index contributed by atoms with van der Waals surface area (Å²) < 4.78 is 13.4.